The largest absolute Gasteiger partial charge is 0.416 e. The average Bonchev–Trinajstić information content (AvgIpc) is 2.81. The molecule has 178 valence electrons. The van der Waals surface area contributed by atoms with Crippen LogP contribution in [-0.4, -0.2) is 47.0 Å². The van der Waals surface area contributed by atoms with Crippen molar-refractivity contribution in [2.75, 3.05) is 46.6 Å². The summed E-state index contributed by atoms with van der Waals surface area (Å²) in [5, 5.41) is 5.95. The van der Waals surface area contributed by atoms with E-state index in [2.05, 4.69) is 25.6 Å². The predicted molar refractivity (Wildman–Crippen MR) is 124 cm³/mol. The maximum atomic E-state index is 13.0. The molecule has 1 fully saturated rings. The van der Waals surface area contributed by atoms with Gasteiger partial charge in [-0.3, -0.25) is 4.79 Å². The van der Waals surface area contributed by atoms with Crippen molar-refractivity contribution in [1.29, 1.82) is 0 Å². The molecular formula is C23H24F3N7O. The summed E-state index contributed by atoms with van der Waals surface area (Å²) in [6, 6.07) is 10.9. The quantitative estimate of drug-likeness (QED) is 0.576. The maximum Gasteiger partial charge on any atom is 0.416 e. The average molecular weight is 471 g/mol. The first kappa shape index (κ1) is 23.3. The summed E-state index contributed by atoms with van der Waals surface area (Å²) in [7, 11) is 0. The van der Waals surface area contributed by atoms with Crippen molar-refractivity contribution in [1.82, 2.24) is 15.0 Å². The Morgan fingerprint density at radius 1 is 0.971 bits per heavy atom. The van der Waals surface area contributed by atoms with E-state index < -0.39 is 11.7 Å². The predicted octanol–water partition coefficient (Wildman–Crippen LogP) is 4.23. The molecule has 3 aromatic rings. The highest BCUT2D eigenvalue weighted by atomic mass is 19.4. The Morgan fingerprint density at radius 3 is 2.35 bits per heavy atom. The highest BCUT2D eigenvalue weighted by Crippen LogP contribution is 2.32. The van der Waals surface area contributed by atoms with Gasteiger partial charge in [0.05, 0.1) is 5.56 Å². The number of hydrogen-bond donors (Lipinski definition) is 2. The van der Waals surface area contributed by atoms with E-state index in [0.29, 0.717) is 49.5 Å². The summed E-state index contributed by atoms with van der Waals surface area (Å²) in [6.45, 7) is 5.50. The minimum atomic E-state index is -4.37. The summed E-state index contributed by atoms with van der Waals surface area (Å²) in [5.41, 5.74) is 2.17. The molecule has 2 aromatic carbocycles. The van der Waals surface area contributed by atoms with Gasteiger partial charge >= 0.3 is 6.18 Å². The van der Waals surface area contributed by atoms with Crippen molar-refractivity contribution in [3.8, 4) is 0 Å². The number of piperazine rings is 1. The van der Waals surface area contributed by atoms with Crippen molar-refractivity contribution in [3.05, 3.63) is 59.9 Å². The first-order valence-corrected chi connectivity index (χ1v) is 10.7. The zero-order chi connectivity index (χ0) is 24.3. The fourth-order valence-corrected chi connectivity index (χ4v) is 3.76. The van der Waals surface area contributed by atoms with Crippen LogP contribution in [-0.2, 0) is 11.0 Å². The lowest BCUT2D eigenvalue weighted by molar-refractivity contribution is -0.137. The standard InChI is InChI=1S/C23H24F3N7O/c1-15-19(29-16(2)34)7-4-8-20(15)30-21-27-14-28-22(31-21)33-11-9-32(10-12-33)18-6-3-5-17(13-18)23(24,25)26/h3-8,13-14H,9-12H2,1-2H3,(H,29,34)(H,27,28,30,31). The molecule has 2 heterocycles. The number of carbonyl (C=O) groups excluding carboxylic acids is 1. The highest BCUT2D eigenvalue weighted by molar-refractivity contribution is 5.90. The fourth-order valence-electron chi connectivity index (χ4n) is 3.76. The van der Waals surface area contributed by atoms with Gasteiger partial charge in [-0.2, -0.15) is 18.2 Å². The van der Waals surface area contributed by atoms with Crippen LogP contribution in [0, 0.1) is 6.92 Å². The third-order valence-electron chi connectivity index (χ3n) is 5.55. The van der Waals surface area contributed by atoms with Crippen LogP contribution in [0.3, 0.4) is 0 Å². The molecule has 0 saturated carbocycles. The number of aromatic nitrogens is 3. The summed E-state index contributed by atoms with van der Waals surface area (Å²) in [4.78, 5) is 28.3. The number of carbonyl (C=O) groups is 1. The number of alkyl halides is 3. The number of nitrogens with one attached hydrogen (secondary N) is 2. The lowest BCUT2D eigenvalue weighted by atomic mass is 10.1. The van der Waals surface area contributed by atoms with Crippen LogP contribution in [0.15, 0.2) is 48.8 Å². The van der Waals surface area contributed by atoms with Crippen molar-refractivity contribution in [2.24, 2.45) is 0 Å². The zero-order valence-corrected chi connectivity index (χ0v) is 18.7. The molecule has 0 spiro atoms. The Bertz CT molecular complexity index is 1180. The van der Waals surface area contributed by atoms with E-state index in [1.807, 2.05) is 34.9 Å². The Labute approximate surface area is 194 Å². The van der Waals surface area contributed by atoms with E-state index in [1.165, 1.54) is 25.4 Å². The summed E-state index contributed by atoms with van der Waals surface area (Å²) >= 11 is 0. The molecule has 1 saturated heterocycles. The van der Waals surface area contributed by atoms with E-state index in [1.54, 1.807) is 6.07 Å². The topological polar surface area (TPSA) is 86.3 Å². The van der Waals surface area contributed by atoms with Crippen LogP contribution in [0.25, 0.3) is 0 Å². The van der Waals surface area contributed by atoms with Gasteiger partial charge in [-0.15, -0.1) is 0 Å². The molecule has 0 unspecified atom stereocenters. The second kappa shape index (κ2) is 9.54. The monoisotopic (exact) mass is 471 g/mol. The molecule has 0 radical (unpaired) electrons. The molecule has 1 aromatic heterocycles. The maximum absolute atomic E-state index is 13.0. The lowest BCUT2D eigenvalue weighted by Gasteiger charge is -2.36. The Kier molecular flexibility index (Phi) is 6.53. The van der Waals surface area contributed by atoms with E-state index in [4.69, 9.17) is 0 Å². The molecule has 11 heteroatoms. The van der Waals surface area contributed by atoms with E-state index >= 15 is 0 Å². The number of amides is 1. The normalized spacial score (nSPS) is 14.1. The van der Waals surface area contributed by atoms with Gasteiger partial charge < -0.3 is 20.4 Å². The van der Waals surface area contributed by atoms with Crippen molar-refractivity contribution in [2.45, 2.75) is 20.0 Å². The smallest absolute Gasteiger partial charge is 0.368 e. The Hall–Kier alpha value is -3.89. The second-order valence-corrected chi connectivity index (χ2v) is 7.92. The second-order valence-electron chi connectivity index (χ2n) is 7.92. The van der Waals surface area contributed by atoms with Gasteiger partial charge in [-0.1, -0.05) is 12.1 Å². The van der Waals surface area contributed by atoms with Crippen LogP contribution in [0.5, 0.6) is 0 Å². The molecule has 1 amide bonds. The molecule has 1 aliphatic rings. The number of anilines is 5. The van der Waals surface area contributed by atoms with Gasteiger partial charge in [0.2, 0.25) is 17.8 Å². The first-order valence-electron chi connectivity index (χ1n) is 10.7. The summed E-state index contributed by atoms with van der Waals surface area (Å²) in [5.74, 6) is 0.678. The van der Waals surface area contributed by atoms with E-state index in [-0.39, 0.29) is 5.91 Å². The van der Waals surface area contributed by atoms with Gasteiger partial charge in [0.25, 0.3) is 0 Å². The van der Waals surface area contributed by atoms with Crippen LogP contribution >= 0.6 is 0 Å². The third-order valence-corrected chi connectivity index (χ3v) is 5.55. The van der Waals surface area contributed by atoms with Gasteiger partial charge in [-0.25, -0.2) is 9.97 Å². The van der Waals surface area contributed by atoms with Crippen LogP contribution in [0.1, 0.15) is 18.1 Å². The van der Waals surface area contributed by atoms with Crippen molar-refractivity contribution in [3.63, 3.8) is 0 Å². The SMILES string of the molecule is CC(=O)Nc1cccc(Nc2ncnc(N3CCN(c4cccc(C(F)(F)F)c4)CC3)n2)c1C. The number of rotatable bonds is 5. The number of benzene rings is 2. The van der Waals surface area contributed by atoms with Gasteiger partial charge in [0, 0.05) is 50.2 Å². The number of nitrogens with zero attached hydrogens (tertiary/aromatic N) is 5. The molecule has 0 aliphatic carbocycles. The van der Waals surface area contributed by atoms with Gasteiger partial charge in [0.15, 0.2) is 0 Å². The number of halogens is 3. The highest BCUT2D eigenvalue weighted by Gasteiger charge is 2.31. The summed E-state index contributed by atoms with van der Waals surface area (Å²) in [6.07, 6.45) is -2.96. The van der Waals surface area contributed by atoms with E-state index in [0.717, 1.165) is 17.3 Å². The van der Waals surface area contributed by atoms with Crippen LogP contribution in [0.2, 0.25) is 0 Å². The molecule has 34 heavy (non-hydrogen) atoms. The van der Waals surface area contributed by atoms with Crippen LogP contribution in [0.4, 0.5) is 42.1 Å². The lowest BCUT2D eigenvalue weighted by Crippen LogP contribution is -2.47. The zero-order valence-electron chi connectivity index (χ0n) is 18.7. The van der Waals surface area contributed by atoms with E-state index in [9.17, 15) is 18.0 Å². The molecule has 0 bridgehead atoms. The Balaban J connectivity index is 1.43. The Morgan fingerprint density at radius 2 is 1.65 bits per heavy atom. The number of hydrogen-bond acceptors (Lipinski definition) is 7. The van der Waals surface area contributed by atoms with Crippen molar-refractivity contribution >= 4 is 34.9 Å². The van der Waals surface area contributed by atoms with Crippen molar-refractivity contribution < 1.29 is 18.0 Å². The summed E-state index contributed by atoms with van der Waals surface area (Å²) < 4.78 is 39.1. The third kappa shape index (κ3) is 5.36. The molecule has 4 rings (SSSR count). The van der Waals surface area contributed by atoms with Crippen LogP contribution < -0.4 is 20.4 Å². The van der Waals surface area contributed by atoms with Gasteiger partial charge in [-0.05, 0) is 42.8 Å². The minimum absolute atomic E-state index is 0.160. The fraction of sp³-hybridized carbons (Fsp3) is 0.304. The molecule has 8 nitrogen and oxygen atoms in total. The van der Waals surface area contributed by atoms with Gasteiger partial charge in [0.1, 0.15) is 6.33 Å². The first-order chi connectivity index (χ1) is 16.2. The molecule has 1 aliphatic heterocycles. The molecule has 2 N–H and O–H groups in total. The molecule has 0 atom stereocenters. The molecular weight excluding hydrogens is 447 g/mol. The minimum Gasteiger partial charge on any atom is -0.368 e.